The molecule has 0 spiro atoms. The summed E-state index contributed by atoms with van der Waals surface area (Å²) < 4.78 is 5.68. The summed E-state index contributed by atoms with van der Waals surface area (Å²) in [5.41, 5.74) is 1.35. The molecule has 1 aliphatic heterocycles. The molecule has 0 amide bonds. The molecule has 0 radical (unpaired) electrons. The number of ether oxygens (including phenoxy) is 1. The molecular formula is C15H24N2O. The van der Waals surface area contributed by atoms with Crippen molar-refractivity contribution < 1.29 is 4.74 Å². The zero-order chi connectivity index (χ0) is 13.0. The average molecular weight is 248 g/mol. The highest BCUT2D eigenvalue weighted by atomic mass is 16.5. The van der Waals surface area contributed by atoms with Crippen LogP contribution < -0.4 is 10.1 Å². The van der Waals surface area contributed by atoms with Gasteiger partial charge in [0.05, 0.1) is 6.61 Å². The van der Waals surface area contributed by atoms with Gasteiger partial charge in [-0.15, -0.1) is 0 Å². The average Bonchev–Trinajstić information content (AvgIpc) is 2.77. The number of nitrogens with one attached hydrogen (secondary N) is 1. The maximum atomic E-state index is 5.68. The van der Waals surface area contributed by atoms with E-state index in [9.17, 15) is 0 Å². The highest BCUT2D eigenvalue weighted by molar-refractivity contribution is 5.39. The molecule has 1 atom stereocenters. The van der Waals surface area contributed by atoms with E-state index in [-0.39, 0.29) is 0 Å². The summed E-state index contributed by atoms with van der Waals surface area (Å²) in [6.45, 7) is 8.39. The molecule has 3 heteroatoms. The molecule has 1 aromatic carbocycles. The van der Waals surface area contributed by atoms with E-state index in [1.54, 1.807) is 0 Å². The maximum Gasteiger partial charge on any atom is 0.122 e. The fourth-order valence-electron chi connectivity index (χ4n) is 2.19. The van der Waals surface area contributed by atoms with Crippen LogP contribution in [0.1, 0.15) is 25.3 Å². The van der Waals surface area contributed by atoms with Crippen molar-refractivity contribution in [3.05, 3.63) is 29.8 Å². The van der Waals surface area contributed by atoms with E-state index < -0.39 is 0 Å². The normalized spacial score (nSPS) is 18.2. The number of fused-ring (bicyclic) bond motifs is 1. The van der Waals surface area contributed by atoms with Crippen LogP contribution in [0, 0.1) is 0 Å². The molecule has 1 heterocycles. The number of nitrogens with zero attached hydrogens (tertiary/aromatic N) is 1. The number of hydrogen-bond acceptors (Lipinski definition) is 3. The highest BCUT2D eigenvalue weighted by Gasteiger charge is 2.22. The van der Waals surface area contributed by atoms with Gasteiger partial charge in [0.25, 0.3) is 0 Å². The number of likely N-dealkylation sites (N-methyl/N-ethyl adjacent to an activating group) is 1. The van der Waals surface area contributed by atoms with Crippen LogP contribution in [-0.2, 0) is 0 Å². The number of hydrogen-bond donors (Lipinski definition) is 1. The molecule has 1 unspecified atom stereocenters. The molecule has 3 nitrogen and oxygen atoms in total. The first-order valence-electron chi connectivity index (χ1n) is 6.81. The molecule has 18 heavy (non-hydrogen) atoms. The Morgan fingerprint density at radius 3 is 2.94 bits per heavy atom. The van der Waals surface area contributed by atoms with Crippen LogP contribution in [0.15, 0.2) is 24.3 Å². The van der Waals surface area contributed by atoms with Gasteiger partial charge in [-0.1, -0.05) is 18.2 Å². The van der Waals surface area contributed by atoms with Crippen molar-refractivity contribution in [3.63, 3.8) is 0 Å². The topological polar surface area (TPSA) is 24.5 Å². The molecule has 1 aromatic rings. The van der Waals surface area contributed by atoms with Gasteiger partial charge in [-0.05, 0) is 27.0 Å². The monoisotopic (exact) mass is 248 g/mol. The Bertz CT molecular complexity index is 379. The fraction of sp³-hybridized carbons (Fsp3) is 0.600. The Morgan fingerprint density at radius 1 is 1.39 bits per heavy atom. The molecule has 0 saturated heterocycles. The van der Waals surface area contributed by atoms with E-state index in [1.807, 2.05) is 6.07 Å². The lowest BCUT2D eigenvalue weighted by molar-refractivity contribution is 0.270. The van der Waals surface area contributed by atoms with Crippen LogP contribution >= 0.6 is 0 Å². The molecule has 1 aliphatic rings. The minimum absolute atomic E-state index is 0.505. The molecule has 100 valence electrons. The van der Waals surface area contributed by atoms with Crippen LogP contribution in [-0.4, -0.2) is 44.2 Å². The summed E-state index contributed by atoms with van der Waals surface area (Å²) in [6, 6.07) is 8.97. The Balaban J connectivity index is 1.73. The van der Waals surface area contributed by atoms with E-state index in [0.29, 0.717) is 12.0 Å². The molecule has 0 aliphatic carbocycles. The summed E-state index contributed by atoms with van der Waals surface area (Å²) >= 11 is 0. The Morgan fingerprint density at radius 2 is 2.17 bits per heavy atom. The first-order chi connectivity index (χ1) is 8.68. The van der Waals surface area contributed by atoms with Crippen LogP contribution in [0.3, 0.4) is 0 Å². The van der Waals surface area contributed by atoms with Gasteiger partial charge in [-0.25, -0.2) is 0 Å². The molecule has 0 saturated carbocycles. The van der Waals surface area contributed by atoms with Crippen molar-refractivity contribution in [2.24, 2.45) is 0 Å². The lowest BCUT2D eigenvalue weighted by Gasteiger charge is -2.21. The summed E-state index contributed by atoms with van der Waals surface area (Å²) in [5, 5.41) is 3.53. The lowest BCUT2D eigenvalue weighted by atomic mass is 10.0. The second kappa shape index (κ2) is 6.21. The second-order valence-electron chi connectivity index (χ2n) is 5.32. The predicted octanol–water partition coefficient (Wildman–Crippen LogP) is 2.09. The fourth-order valence-corrected chi connectivity index (χ4v) is 2.19. The van der Waals surface area contributed by atoms with Crippen LogP contribution in [0.25, 0.3) is 0 Å². The number of benzene rings is 1. The minimum atomic E-state index is 0.505. The number of rotatable bonds is 6. The van der Waals surface area contributed by atoms with Crippen molar-refractivity contribution in [2.45, 2.75) is 25.8 Å². The largest absolute Gasteiger partial charge is 0.493 e. The standard InChI is InChI=1S/C15H24N2O/c1-12(2)17(3)9-8-16-10-13-11-18-15-7-5-4-6-14(13)15/h4-7,12-13,16H,8-11H2,1-3H3. The van der Waals surface area contributed by atoms with Gasteiger partial charge in [0.2, 0.25) is 0 Å². The van der Waals surface area contributed by atoms with E-state index in [0.717, 1.165) is 32.0 Å². The molecular weight excluding hydrogens is 224 g/mol. The van der Waals surface area contributed by atoms with Gasteiger partial charge in [0, 0.05) is 37.2 Å². The second-order valence-corrected chi connectivity index (χ2v) is 5.32. The predicted molar refractivity (Wildman–Crippen MR) is 75.3 cm³/mol. The zero-order valence-corrected chi connectivity index (χ0v) is 11.6. The van der Waals surface area contributed by atoms with Gasteiger partial charge in [-0.3, -0.25) is 0 Å². The van der Waals surface area contributed by atoms with Crippen molar-refractivity contribution in [3.8, 4) is 5.75 Å². The molecule has 2 rings (SSSR count). The number of para-hydroxylation sites is 1. The van der Waals surface area contributed by atoms with Gasteiger partial charge >= 0.3 is 0 Å². The third-order valence-electron chi connectivity index (χ3n) is 3.71. The van der Waals surface area contributed by atoms with Crippen molar-refractivity contribution in [1.82, 2.24) is 10.2 Å². The zero-order valence-electron chi connectivity index (χ0n) is 11.6. The summed E-state index contributed by atoms with van der Waals surface area (Å²) in [4.78, 5) is 2.35. The Hall–Kier alpha value is -1.06. The highest BCUT2D eigenvalue weighted by Crippen LogP contribution is 2.32. The van der Waals surface area contributed by atoms with Crippen molar-refractivity contribution in [1.29, 1.82) is 0 Å². The summed E-state index contributed by atoms with van der Waals surface area (Å²) in [5.74, 6) is 1.56. The van der Waals surface area contributed by atoms with E-state index in [2.05, 4.69) is 49.3 Å². The van der Waals surface area contributed by atoms with Crippen molar-refractivity contribution in [2.75, 3.05) is 33.3 Å². The van der Waals surface area contributed by atoms with Crippen LogP contribution in [0.4, 0.5) is 0 Å². The van der Waals surface area contributed by atoms with E-state index in [4.69, 9.17) is 4.74 Å². The first-order valence-corrected chi connectivity index (χ1v) is 6.81. The third-order valence-corrected chi connectivity index (χ3v) is 3.71. The maximum absolute atomic E-state index is 5.68. The third kappa shape index (κ3) is 3.24. The van der Waals surface area contributed by atoms with Gasteiger partial charge in [-0.2, -0.15) is 0 Å². The van der Waals surface area contributed by atoms with Crippen molar-refractivity contribution >= 4 is 0 Å². The molecule has 0 bridgehead atoms. The molecule has 0 fully saturated rings. The first kappa shape index (κ1) is 13.4. The lowest BCUT2D eigenvalue weighted by Crippen LogP contribution is -2.35. The quantitative estimate of drug-likeness (QED) is 0.780. The minimum Gasteiger partial charge on any atom is -0.493 e. The SMILES string of the molecule is CC(C)N(C)CCNCC1COc2ccccc21. The van der Waals surface area contributed by atoms with Gasteiger partial charge < -0.3 is 15.0 Å². The van der Waals surface area contributed by atoms with Crippen LogP contribution in [0.5, 0.6) is 5.75 Å². The van der Waals surface area contributed by atoms with Crippen LogP contribution in [0.2, 0.25) is 0 Å². The van der Waals surface area contributed by atoms with E-state index >= 15 is 0 Å². The Labute approximate surface area is 110 Å². The van der Waals surface area contributed by atoms with E-state index in [1.165, 1.54) is 5.56 Å². The summed E-state index contributed by atoms with van der Waals surface area (Å²) in [7, 11) is 2.17. The Kier molecular flexibility index (Phi) is 4.61. The van der Waals surface area contributed by atoms with Gasteiger partial charge in [0.1, 0.15) is 5.75 Å². The molecule has 0 aromatic heterocycles. The van der Waals surface area contributed by atoms with Gasteiger partial charge in [0.15, 0.2) is 0 Å². The smallest absolute Gasteiger partial charge is 0.122 e. The summed E-state index contributed by atoms with van der Waals surface area (Å²) in [6.07, 6.45) is 0. The molecule has 1 N–H and O–H groups in total.